The fourth-order valence-corrected chi connectivity index (χ4v) is 20.3. The molecular weight excluding hydrogens is 1490 g/mol. The first-order valence-electron chi connectivity index (χ1n) is 41.7. The molecule has 122 heavy (non-hydrogen) atoms. The molecule has 0 saturated carbocycles. The molecule has 576 valence electrons. The Morgan fingerprint density at radius 2 is 0.574 bits per heavy atom. The van der Waals surface area contributed by atoms with Gasteiger partial charge >= 0.3 is 0 Å². The number of nitrogens with zero attached hydrogens (tertiary/aromatic N) is 7. The van der Waals surface area contributed by atoms with Crippen molar-refractivity contribution < 1.29 is 13.3 Å². The molecule has 26 rings (SSSR count). The summed E-state index contributed by atoms with van der Waals surface area (Å²) in [5.74, 6) is 2.11. The van der Waals surface area contributed by atoms with E-state index in [1.807, 2.05) is 78.9 Å². The lowest BCUT2D eigenvalue weighted by Crippen LogP contribution is -2.15. The van der Waals surface area contributed by atoms with Crippen LogP contribution < -0.4 is 0 Å². The van der Waals surface area contributed by atoms with Crippen molar-refractivity contribution in [2.45, 2.75) is 57.8 Å². The Kier molecular flexibility index (Phi) is 15.6. The molecule has 3 aliphatic carbocycles. The van der Waals surface area contributed by atoms with Crippen LogP contribution in [0.2, 0.25) is 0 Å². The summed E-state index contributed by atoms with van der Waals surface area (Å²) in [6.07, 6.45) is 1.80. The second-order valence-electron chi connectivity index (χ2n) is 34.1. The molecule has 10 nitrogen and oxygen atoms in total. The normalized spacial score (nSPS) is 13.7. The van der Waals surface area contributed by atoms with Gasteiger partial charge in [0.25, 0.3) is 0 Å². The Bertz CT molecular complexity index is 8320. The lowest BCUT2D eigenvalue weighted by Gasteiger charge is -2.21. The van der Waals surface area contributed by atoms with Gasteiger partial charge in [-0.25, -0.2) is 29.9 Å². The van der Waals surface area contributed by atoms with Crippen molar-refractivity contribution in [1.29, 1.82) is 0 Å². The first-order chi connectivity index (χ1) is 59.7. The van der Waals surface area contributed by atoms with E-state index in [4.69, 9.17) is 43.2 Å². The molecule has 0 unspecified atom stereocenters. The standard InChI is InChI=1S/C43H28N2O.C35H24N2O.C34H23N3O/c1-43(2)35-17-9-7-15-30(35)32-21-22-33-31-20-19-27(24-37(31)46-41(33)39(32)43)40-34-16-8-10-18-36(34)44-42(45-40)38-28-13-5-3-11-25(28)23-26-12-4-6-14-29(26)38;1-35(2)28-14-8-6-12-23(28)25-18-19-26-24-17-16-22(20-30(24)38-33(26)31(25)35)32-27-13-7-9-15-29(27)36-34(37-32)21-10-4-3-5-11-21;1-34(2)26-11-5-3-9-21(26)23-16-17-24-22-15-14-20(19-29(22)38-32(24)30(23)34)33-36-27-12-6-4-10-25(27)31(37-33)28-13-7-8-18-35-28/h3-24H,1-2H3;3-20H,1-2H3;3-19H,1-2H3. The Morgan fingerprint density at radius 3 is 1.02 bits per heavy atom. The molecule has 0 spiro atoms. The topological polar surface area (TPSA) is 130 Å². The van der Waals surface area contributed by atoms with Gasteiger partial charge in [-0.05, 0) is 163 Å². The smallest absolute Gasteiger partial charge is 0.161 e. The van der Waals surface area contributed by atoms with Crippen LogP contribution in [0.1, 0.15) is 74.9 Å². The summed E-state index contributed by atoms with van der Waals surface area (Å²) in [5.41, 5.74) is 31.8. The van der Waals surface area contributed by atoms with Crippen LogP contribution in [-0.4, -0.2) is 34.9 Å². The molecule has 0 radical (unpaired) electrons. The largest absolute Gasteiger partial charge is 0.456 e. The second kappa shape index (κ2) is 26.8. The van der Waals surface area contributed by atoms with Gasteiger partial charge in [-0.3, -0.25) is 4.98 Å². The highest BCUT2D eigenvalue weighted by Crippen LogP contribution is 2.57. The van der Waals surface area contributed by atoms with Crippen molar-refractivity contribution in [2.75, 3.05) is 0 Å². The monoisotopic (exact) mass is 1570 g/mol. The number of para-hydroxylation sites is 3. The molecule has 0 N–H and O–H groups in total. The minimum atomic E-state index is -0.152. The summed E-state index contributed by atoms with van der Waals surface area (Å²) in [6.45, 7) is 13.8. The van der Waals surface area contributed by atoms with E-state index in [9.17, 15) is 0 Å². The van der Waals surface area contributed by atoms with E-state index in [2.05, 4.69) is 307 Å². The molecule has 0 fully saturated rings. The minimum Gasteiger partial charge on any atom is -0.456 e. The Labute approximate surface area is 702 Å². The van der Waals surface area contributed by atoms with Crippen LogP contribution in [0.15, 0.2) is 359 Å². The zero-order valence-electron chi connectivity index (χ0n) is 67.8. The first kappa shape index (κ1) is 70.8. The maximum Gasteiger partial charge on any atom is 0.161 e. The highest BCUT2D eigenvalue weighted by Gasteiger charge is 2.42. The minimum absolute atomic E-state index is 0.129. The van der Waals surface area contributed by atoms with Gasteiger partial charge in [0.15, 0.2) is 17.5 Å². The molecule has 0 bridgehead atoms. The Hall–Kier alpha value is -15.4. The van der Waals surface area contributed by atoms with E-state index in [1.165, 1.54) is 77.5 Å². The molecule has 16 aromatic carbocycles. The van der Waals surface area contributed by atoms with Crippen molar-refractivity contribution in [2.24, 2.45) is 0 Å². The maximum absolute atomic E-state index is 6.82. The number of pyridine rings is 1. The van der Waals surface area contributed by atoms with E-state index in [-0.39, 0.29) is 16.2 Å². The molecule has 3 aliphatic rings. The molecule has 7 aromatic heterocycles. The average molecular weight is 1570 g/mol. The second-order valence-corrected chi connectivity index (χ2v) is 34.1. The van der Waals surface area contributed by atoms with Crippen LogP contribution >= 0.6 is 0 Å². The number of hydrogen-bond acceptors (Lipinski definition) is 10. The predicted octanol–water partition coefficient (Wildman–Crippen LogP) is 29.2. The van der Waals surface area contributed by atoms with E-state index in [1.54, 1.807) is 6.20 Å². The van der Waals surface area contributed by atoms with Crippen molar-refractivity contribution in [3.63, 3.8) is 0 Å². The van der Waals surface area contributed by atoms with E-state index >= 15 is 0 Å². The summed E-state index contributed by atoms with van der Waals surface area (Å²) in [6, 6.07) is 119. The third-order valence-corrected chi connectivity index (χ3v) is 26.0. The highest BCUT2D eigenvalue weighted by atomic mass is 16.3. The number of hydrogen-bond donors (Lipinski definition) is 0. The fourth-order valence-electron chi connectivity index (χ4n) is 20.3. The zero-order chi connectivity index (χ0) is 81.4. The summed E-state index contributed by atoms with van der Waals surface area (Å²) < 4.78 is 20.2. The third-order valence-electron chi connectivity index (χ3n) is 26.0. The van der Waals surface area contributed by atoms with Crippen molar-refractivity contribution in [1.82, 2.24) is 34.9 Å². The van der Waals surface area contributed by atoms with Gasteiger partial charge in [-0.15, -0.1) is 0 Å². The molecule has 23 aromatic rings. The quantitative estimate of drug-likeness (QED) is 0.148. The van der Waals surface area contributed by atoms with E-state index in [0.29, 0.717) is 5.82 Å². The van der Waals surface area contributed by atoms with E-state index < -0.39 is 0 Å². The lowest BCUT2D eigenvalue weighted by molar-refractivity contribution is 0.619. The molecule has 0 atom stereocenters. The van der Waals surface area contributed by atoms with Crippen LogP contribution in [0.25, 0.3) is 222 Å². The van der Waals surface area contributed by atoms with E-state index in [0.717, 1.165) is 172 Å². The van der Waals surface area contributed by atoms with Gasteiger partial charge in [0, 0.05) is 115 Å². The van der Waals surface area contributed by atoms with Crippen LogP contribution in [0, 0.1) is 0 Å². The van der Waals surface area contributed by atoms with Gasteiger partial charge < -0.3 is 13.3 Å². The summed E-state index contributed by atoms with van der Waals surface area (Å²) in [7, 11) is 0. The number of rotatable bonds is 6. The highest BCUT2D eigenvalue weighted by molar-refractivity contribution is 6.16. The lowest BCUT2D eigenvalue weighted by atomic mass is 9.82. The average Bonchev–Trinajstić information content (AvgIpc) is 1.56. The molecular formula is C112H75N7O3. The molecule has 7 heterocycles. The van der Waals surface area contributed by atoms with Gasteiger partial charge in [-0.2, -0.15) is 0 Å². The summed E-state index contributed by atoms with van der Waals surface area (Å²) >= 11 is 0. The Morgan fingerprint density at radius 1 is 0.230 bits per heavy atom. The third kappa shape index (κ3) is 10.8. The van der Waals surface area contributed by atoms with Gasteiger partial charge in [-0.1, -0.05) is 290 Å². The van der Waals surface area contributed by atoms with Crippen LogP contribution in [-0.2, 0) is 16.2 Å². The molecule has 0 saturated heterocycles. The van der Waals surface area contributed by atoms with Gasteiger partial charge in [0.2, 0.25) is 0 Å². The molecule has 0 aliphatic heterocycles. The van der Waals surface area contributed by atoms with Crippen LogP contribution in [0.4, 0.5) is 0 Å². The van der Waals surface area contributed by atoms with Crippen molar-refractivity contribution >= 4 is 120 Å². The van der Waals surface area contributed by atoms with Gasteiger partial charge in [0.1, 0.15) is 39.2 Å². The fraction of sp³-hybridized carbons (Fsp3) is 0.0804. The SMILES string of the molecule is CC1(C)c2ccccc2-c2ccc3c(oc4cc(-c5nc(-c6c7ccccc7cc7ccccc67)nc6ccccc56)ccc43)c21.CC1(C)c2ccccc2-c2ccc3c(oc4cc(-c5nc(-c6ccccc6)nc6ccccc56)ccc43)c21.CC1(C)c2ccccc2-c2ccc3c(oc4cc(-c5nc(-c6ccccn6)c6ccccc6n5)ccc43)c21. The van der Waals surface area contributed by atoms with Crippen LogP contribution in [0.5, 0.6) is 0 Å². The predicted molar refractivity (Wildman–Crippen MR) is 499 cm³/mol. The van der Waals surface area contributed by atoms with Gasteiger partial charge in [0.05, 0.1) is 33.6 Å². The van der Waals surface area contributed by atoms with Crippen molar-refractivity contribution in [3.8, 4) is 101 Å². The van der Waals surface area contributed by atoms with Crippen LogP contribution in [0.3, 0.4) is 0 Å². The number of furan rings is 3. The maximum atomic E-state index is 6.82. The number of benzene rings is 16. The number of aromatic nitrogens is 7. The zero-order valence-corrected chi connectivity index (χ0v) is 67.8. The molecule has 0 amide bonds. The Balaban J connectivity index is 0.000000104. The summed E-state index contributed by atoms with van der Waals surface area (Å²) in [4.78, 5) is 34.9. The molecule has 10 heteroatoms. The van der Waals surface area contributed by atoms with Crippen molar-refractivity contribution in [3.05, 3.63) is 379 Å². The number of fused-ring (bicyclic) bond motifs is 26. The summed E-state index contributed by atoms with van der Waals surface area (Å²) in [5, 5.41) is 14.5. The first-order valence-corrected chi connectivity index (χ1v) is 41.7.